The molecule has 2 heterocycles. The minimum Gasteiger partial charge on any atom is -0.871 e. The van der Waals surface area contributed by atoms with Gasteiger partial charge in [-0.05, 0) is 117 Å². The van der Waals surface area contributed by atoms with E-state index in [-0.39, 0.29) is 71.3 Å². The molecule has 8 aromatic carbocycles. The summed E-state index contributed by atoms with van der Waals surface area (Å²) in [4.78, 5) is 52.2. The highest BCUT2D eigenvalue weighted by Gasteiger charge is 2.48. The van der Waals surface area contributed by atoms with Gasteiger partial charge in [-0.1, -0.05) is 96.4 Å². The number of rotatable bonds is 10. The number of benzene rings is 8. The van der Waals surface area contributed by atoms with Crippen molar-refractivity contribution in [3.8, 4) is 0 Å². The number of fused-ring (bicyclic) bond motifs is 6. The Morgan fingerprint density at radius 2 is 0.971 bits per heavy atom. The third-order valence-electron chi connectivity index (χ3n) is 15.2. The Kier molecular flexibility index (Phi) is 9.18. The number of aliphatic carboxylic acids is 2. The van der Waals surface area contributed by atoms with Crippen LogP contribution in [0.3, 0.4) is 0 Å². The Morgan fingerprint density at radius 3 is 1.47 bits per heavy atom. The fraction of sp³-hybridized carbons (Fsp3) is 0.167. The number of nitrogens with zero attached hydrogens (tertiary/aromatic N) is 2. The van der Waals surface area contributed by atoms with Crippen molar-refractivity contribution in [1.29, 1.82) is 0 Å². The number of Topliss-reactive ketones (excluding diaryl/α,β-unsaturated/α-hetero) is 2. The highest BCUT2D eigenvalue weighted by atomic mass is 16.4. The highest BCUT2D eigenvalue weighted by Crippen LogP contribution is 2.49. The number of hydrogen-bond donors (Lipinski definition) is 2. The smallest absolute Gasteiger partial charge is 0.309 e. The van der Waals surface area contributed by atoms with Gasteiger partial charge in [0.05, 0.1) is 10.8 Å². The summed E-state index contributed by atoms with van der Waals surface area (Å²) >= 11 is 0. The summed E-state index contributed by atoms with van der Waals surface area (Å²) in [5.41, 5.74) is 5.04. The summed E-state index contributed by atoms with van der Waals surface area (Å²) in [6, 6.07) is 39.1. The number of carbonyl (C=O) groups is 4. The molecule has 0 atom stereocenters. The lowest BCUT2D eigenvalue weighted by Gasteiger charge is -2.32. The summed E-state index contributed by atoms with van der Waals surface area (Å²) in [5.74, 6) is -3.43. The molecule has 0 fully saturated rings. The van der Waals surface area contributed by atoms with E-state index in [1.165, 1.54) is 0 Å². The summed E-state index contributed by atoms with van der Waals surface area (Å²) in [6.07, 6.45) is 3.05. The van der Waals surface area contributed by atoms with Gasteiger partial charge in [0.25, 0.3) is 0 Å². The second-order valence-electron chi connectivity index (χ2n) is 19.8. The van der Waals surface area contributed by atoms with Crippen molar-refractivity contribution in [2.45, 2.75) is 51.4 Å². The van der Waals surface area contributed by atoms with Crippen molar-refractivity contribution >= 4 is 111 Å². The number of allylic oxidation sites excluding steroid dienone is 6. The van der Waals surface area contributed by atoms with Gasteiger partial charge in [0.1, 0.15) is 12.8 Å². The van der Waals surface area contributed by atoms with Crippen molar-refractivity contribution in [1.82, 2.24) is 0 Å². The molecule has 4 aliphatic rings. The molecule has 0 saturated heterocycles. The molecule has 2 aliphatic carbocycles. The first-order valence-corrected chi connectivity index (χ1v) is 23.4. The zero-order chi connectivity index (χ0) is 48.7. The van der Waals surface area contributed by atoms with Crippen LogP contribution in [0.25, 0.3) is 65.0 Å². The van der Waals surface area contributed by atoms with E-state index in [2.05, 4.69) is 0 Å². The van der Waals surface area contributed by atoms with Crippen LogP contribution >= 0.6 is 0 Å². The first kappa shape index (κ1) is 42.8. The highest BCUT2D eigenvalue weighted by molar-refractivity contribution is 6.43. The van der Waals surface area contributed by atoms with E-state index in [9.17, 15) is 39.6 Å². The molecule has 12 rings (SSSR count). The molecule has 2 aliphatic heterocycles. The Hall–Kier alpha value is -8.50. The van der Waals surface area contributed by atoms with Crippen LogP contribution in [0.1, 0.15) is 62.8 Å². The van der Waals surface area contributed by atoms with Crippen LogP contribution in [0.5, 0.6) is 0 Å². The summed E-state index contributed by atoms with van der Waals surface area (Å²) in [7, 11) is 0. The van der Waals surface area contributed by atoms with Crippen molar-refractivity contribution in [3.63, 3.8) is 0 Å². The van der Waals surface area contributed by atoms with E-state index in [0.29, 0.717) is 22.6 Å². The van der Waals surface area contributed by atoms with Gasteiger partial charge in [-0.3, -0.25) is 19.2 Å². The topological polar surface area (TPSA) is 161 Å². The van der Waals surface area contributed by atoms with Crippen molar-refractivity contribution < 1.29 is 48.8 Å². The second kappa shape index (κ2) is 15.0. The van der Waals surface area contributed by atoms with Gasteiger partial charge in [0, 0.05) is 57.7 Å². The fourth-order valence-corrected chi connectivity index (χ4v) is 11.9. The van der Waals surface area contributed by atoms with Crippen LogP contribution in [0.2, 0.25) is 0 Å². The maximum absolute atomic E-state index is 14.3. The van der Waals surface area contributed by atoms with Gasteiger partial charge in [0.15, 0.2) is 36.1 Å². The Balaban J connectivity index is 0.921. The molecule has 8 aromatic rings. The number of carbonyl (C=O) groups excluding carboxylic acids is 2. The molecule has 0 bridgehead atoms. The van der Waals surface area contributed by atoms with Crippen molar-refractivity contribution in [2.24, 2.45) is 0 Å². The Bertz CT molecular complexity index is 3990. The van der Waals surface area contributed by atoms with Gasteiger partial charge in [-0.15, -0.1) is 0 Å². The molecule has 342 valence electrons. The van der Waals surface area contributed by atoms with Gasteiger partial charge in [0.2, 0.25) is 11.4 Å². The first-order valence-electron chi connectivity index (χ1n) is 23.4. The quantitative estimate of drug-likeness (QED) is 0.0780. The van der Waals surface area contributed by atoms with E-state index < -0.39 is 22.8 Å². The number of carboxylic acid groups (broad SMARTS) is 2. The standard InChI is InChI=1S/C60H44N2O8/c1-59(2)45(61(25-23-47(63)64)43-21-17-31-9-5-7-11-37(31)53(43)59)29-41-55(67)51(56(41)68)36-27-34-14-13-33-15-19-40(39-20-16-35(28-36)49(34)50(33)39)52-57(69)42(58(52)70)30-46-60(3,4)54-38-12-8-6-10-32(38)18-22-44(54)62(46)26-24-48(65)66/h5-22,27-30H,23-26H2,1-4H3,(H2-2,63,64,65,66,67,68,69,70). The summed E-state index contributed by atoms with van der Waals surface area (Å²) in [6.45, 7) is 8.48. The van der Waals surface area contributed by atoms with Crippen molar-refractivity contribution in [3.05, 3.63) is 178 Å². The fourth-order valence-electron chi connectivity index (χ4n) is 11.9. The van der Waals surface area contributed by atoms with Crippen LogP contribution in [0.4, 0.5) is 11.4 Å². The zero-order valence-electron chi connectivity index (χ0n) is 38.8. The molecule has 0 aromatic heterocycles. The minimum absolute atomic E-state index is 0.0476. The number of hydrogen-bond acceptors (Lipinski definition) is 6. The third kappa shape index (κ3) is 5.98. The van der Waals surface area contributed by atoms with Gasteiger partial charge in [-0.2, -0.15) is 9.15 Å². The monoisotopic (exact) mass is 920 g/mol. The summed E-state index contributed by atoms with van der Waals surface area (Å²) in [5, 5.41) is 56.9. The third-order valence-corrected chi connectivity index (χ3v) is 15.2. The lowest BCUT2D eigenvalue weighted by Crippen LogP contribution is -2.34. The van der Waals surface area contributed by atoms with Crippen LogP contribution < -0.4 is 10.2 Å². The predicted octanol–water partition coefficient (Wildman–Crippen LogP) is 9.15. The normalized spacial score (nSPS) is 18.4. The Labute approximate surface area is 401 Å². The molecule has 0 radical (unpaired) electrons. The maximum Gasteiger partial charge on any atom is 0.309 e. The SMILES string of the molecule is CC1(C)C(C=C2C(=O)C(c3cc4ccc5ccc(C6=C([O-])C(=CC7=[N+](CCC(=O)O)c8ccc9ccccc9c8C7(C)C)C6=O)c6ccc(c3)c4c56)=C2[O-])=[N+](CCC(=O)O)c2ccc3ccccc3c21. The molecule has 0 unspecified atom stereocenters. The molecular weight excluding hydrogens is 877 g/mol. The lowest BCUT2D eigenvalue weighted by molar-refractivity contribution is -0.436. The van der Waals surface area contributed by atoms with Gasteiger partial charge < -0.3 is 20.4 Å². The number of carboxylic acids is 2. The molecular formula is C60H44N2O8. The van der Waals surface area contributed by atoms with E-state index >= 15 is 0 Å². The van der Waals surface area contributed by atoms with Crippen LogP contribution in [-0.2, 0) is 30.0 Å². The molecule has 0 saturated carbocycles. The largest absolute Gasteiger partial charge is 0.871 e. The maximum atomic E-state index is 14.3. The van der Waals surface area contributed by atoms with Gasteiger partial charge >= 0.3 is 11.9 Å². The molecule has 2 N–H and O–H groups in total. The van der Waals surface area contributed by atoms with Crippen molar-refractivity contribution in [2.75, 3.05) is 13.1 Å². The van der Waals surface area contributed by atoms with E-state index in [1.807, 2.05) is 158 Å². The Morgan fingerprint density at radius 1 is 0.529 bits per heavy atom. The molecule has 70 heavy (non-hydrogen) atoms. The lowest BCUT2D eigenvalue weighted by atomic mass is 9.75. The first-order chi connectivity index (χ1) is 33.6. The molecule has 0 amide bonds. The van der Waals surface area contributed by atoms with Gasteiger partial charge in [-0.25, -0.2) is 0 Å². The molecule has 0 spiro atoms. The molecule has 10 nitrogen and oxygen atoms in total. The van der Waals surface area contributed by atoms with Crippen LogP contribution in [0.15, 0.2) is 156 Å². The zero-order valence-corrected chi connectivity index (χ0v) is 38.8. The minimum atomic E-state index is -0.950. The molecule has 10 heteroatoms. The average Bonchev–Trinajstić information content (AvgIpc) is 3.70. The predicted molar refractivity (Wildman–Crippen MR) is 268 cm³/mol. The van der Waals surface area contributed by atoms with E-state index in [4.69, 9.17) is 0 Å². The van der Waals surface area contributed by atoms with Crippen LogP contribution in [0, 0.1) is 0 Å². The second-order valence-corrected chi connectivity index (χ2v) is 19.8. The summed E-state index contributed by atoms with van der Waals surface area (Å²) < 4.78 is 3.86. The van der Waals surface area contributed by atoms with E-state index in [1.54, 1.807) is 12.2 Å². The average molecular weight is 921 g/mol. The van der Waals surface area contributed by atoms with E-state index in [0.717, 1.165) is 76.4 Å². The number of ketones is 2. The van der Waals surface area contributed by atoms with Crippen LogP contribution in [-0.4, -0.2) is 67.4 Å².